The quantitative estimate of drug-likeness (QED) is 0.335. The summed E-state index contributed by atoms with van der Waals surface area (Å²) >= 11 is 0. The lowest BCUT2D eigenvalue weighted by molar-refractivity contribution is -0.385. The zero-order valence-electron chi connectivity index (χ0n) is 8.89. The van der Waals surface area contributed by atoms with Crippen LogP contribution in [0.5, 0.6) is 0 Å². The molecule has 0 amide bonds. The lowest BCUT2D eigenvalue weighted by Gasteiger charge is -2.04. The van der Waals surface area contributed by atoms with Crippen LogP contribution in [0.1, 0.15) is 11.3 Å². The molecule has 0 atom stereocenters. The van der Waals surface area contributed by atoms with Crippen molar-refractivity contribution in [1.82, 2.24) is 4.98 Å². The Morgan fingerprint density at radius 1 is 1.62 bits per heavy atom. The van der Waals surface area contributed by atoms with E-state index in [0.717, 1.165) is 0 Å². The number of pyridine rings is 1. The minimum atomic E-state index is -0.737. The number of nitrogens with zero attached hydrogens (tertiary/aromatic N) is 2. The van der Waals surface area contributed by atoms with Crippen molar-refractivity contribution in [2.75, 3.05) is 7.11 Å². The lowest BCUT2D eigenvalue weighted by atomic mass is 10.1. The van der Waals surface area contributed by atoms with Crippen molar-refractivity contribution in [3.05, 3.63) is 40.2 Å². The summed E-state index contributed by atoms with van der Waals surface area (Å²) in [4.78, 5) is 25.2. The van der Waals surface area contributed by atoms with E-state index in [9.17, 15) is 14.9 Å². The fourth-order valence-corrected chi connectivity index (χ4v) is 1.15. The number of hydrogen-bond donors (Lipinski definition) is 0. The van der Waals surface area contributed by atoms with Crippen molar-refractivity contribution in [1.29, 1.82) is 0 Å². The Bertz CT molecular complexity index is 468. The third-order valence-electron chi connectivity index (χ3n) is 1.92. The summed E-state index contributed by atoms with van der Waals surface area (Å²) < 4.78 is 4.43. The van der Waals surface area contributed by atoms with Crippen LogP contribution in [0.2, 0.25) is 0 Å². The van der Waals surface area contributed by atoms with E-state index in [-0.39, 0.29) is 17.0 Å². The van der Waals surface area contributed by atoms with Gasteiger partial charge in [0.05, 0.1) is 17.6 Å². The lowest BCUT2D eigenvalue weighted by Crippen LogP contribution is -2.07. The topological polar surface area (TPSA) is 82.3 Å². The van der Waals surface area contributed by atoms with Crippen molar-refractivity contribution < 1.29 is 14.5 Å². The molecule has 0 aliphatic heterocycles. The van der Waals surface area contributed by atoms with Gasteiger partial charge < -0.3 is 4.74 Å². The molecule has 0 radical (unpaired) electrons. The number of aryl methyl sites for hydroxylation is 1. The highest BCUT2D eigenvalue weighted by molar-refractivity contribution is 6.16. The smallest absolute Gasteiger partial charge is 0.339 e. The van der Waals surface area contributed by atoms with Crippen molar-refractivity contribution in [3.8, 4) is 0 Å². The summed E-state index contributed by atoms with van der Waals surface area (Å²) in [7, 11) is 1.17. The van der Waals surface area contributed by atoms with Gasteiger partial charge in [-0.3, -0.25) is 10.1 Å². The van der Waals surface area contributed by atoms with Crippen LogP contribution in [0, 0.1) is 17.0 Å². The molecule has 16 heavy (non-hydrogen) atoms. The van der Waals surface area contributed by atoms with Gasteiger partial charge in [-0.1, -0.05) is 6.58 Å². The van der Waals surface area contributed by atoms with E-state index < -0.39 is 10.9 Å². The molecule has 1 aromatic rings. The third-order valence-corrected chi connectivity index (χ3v) is 1.92. The van der Waals surface area contributed by atoms with E-state index in [2.05, 4.69) is 16.3 Å². The van der Waals surface area contributed by atoms with Gasteiger partial charge in [0.15, 0.2) is 5.69 Å². The number of aromatic nitrogens is 1. The predicted octanol–water partition coefficient (Wildman–Crippen LogP) is 1.48. The van der Waals surface area contributed by atoms with Crippen LogP contribution < -0.4 is 0 Å². The zero-order valence-corrected chi connectivity index (χ0v) is 8.89. The maximum Gasteiger partial charge on any atom is 0.339 e. The Balaban J connectivity index is 3.28. The Hall–Kier alpha value is -2.24. The first kappa shape index (κ1) is 11.8. The minimum absolute atomic E-state index is 0.0672. The summed E-state index contributed by atoms with van der Waals surface area (Å²) in [5, 5.41) is 10.8. The molecule has 0 aliphatic rings. The summed E-state index contributed by atoms with van der Waals surface area (Å²) in [5.74, 6) is -0.737. The number of ether oxygens (including phenoxy) is 1. The largest absolute Gasteiger partial charge is 0.465 e. The maximum absolute atomic E-state index is 11.2. The van der Waals surface area contributed by atoms with Gasteiger partial charge in [-0.2, -0.15) is 0 Å². The third kappa shape index (κ3) is 2.22. The van der Waals surface area contributed by atoms with Gasteiger partial charge in [-0.25, -0.2) is 9.78 Å². The molecule has 0 N–H and O–H groups in total. The van der Waals surface area contributed by atoms with Crippen LogP contribution in [-0.4, -0.2) is 23.0 Å². The molecular weight excluding hydrogens is 212 g/mol. The van der Waals surface area contributed by atoms with Crippen LogP contribution in [-0.2, 0) is 9.53 Å². The van der Waals surface area contributed by atoms with Gasteiger partial charge in [-0.15, -0.1) is 0 Å². The van der Waals surface area contributed by atoms with Crippen molar-refractivity contribution in [3.63, 3.8) is 0 Å². The minimum Gasteiger partial charge on any atom is -0.465 e. The number of carbonyl (C=O) groups excluding carboxylic acids is 1. The molecule has 6 heteroatoms. The summed E-state index contributed by atoms with van der Waals surface area (Å²) in [5.41, 5.74) is 0.181. The summed E-state index contributed by atoms with van der Waals surface area (Å²) in [6.07, 6.45) is 1.43. The van der Waals surface area contributed by atoms with E-state index in [1.807, 2.05) is 0 Å². The van der Waals surface area contributed by atoms with Crippen LogP contribution in [0.15, 0.2) is 18.8 Å². The van der Waals surface area contributed by atoms with E-state index in [4.69, 9.17) is 0 Å². The van der Waals surface area contributed by atoms with Crippen molar-refractivity contribution in [2.45, 2.75) is 6.92 Å². The Morgan fingerprint density at radius 3 is 2.75 bits per heavy atom. The highest BCUT2D eigenvalue weighted by Crippen LogP contribution is 2.24. The molecule has 0 saturated heterocycles. The zero-order chi connectivity index (χ0) is 12.3. The molecule has 6 nitrogen and oxygen atoms in total. The molecule has 1 rings (SSSR count). The maximum atomic E-state index is 11.2. The van der Waals surface area contributed by atoms with E-state index in [1.54, 1.807) is 6.92 Å². The number of rotatable bonds is 3. The van der Waals surface area contributed by atoms with Crippen LogP contribution in [0.4, 0.5) is 5.69 Å². The summed E-state index contributed by atoms with van der Waals surface area (Å²) in [6, 6.07) is 1.33. The Morgan fingerprint density at radius 2 is 2.25 bits per heavy atom. The number of methoxy groups -OCH3 is 1. The fourth-order valence-electron chi connectivity index (χ4n) is 1.15. The monoisotopic (exact) mass is 222 g/mol. The van der Waals surface area contributed by atoms with Crippen LogP contribution in [0.3, 0.4) is 0 Å². The number of carbonyl (C=O) groups is 1. The first-order valence-corrected chi connectivity index (χ1v) is 4.36. The number of nitro groups is 1. The number of esters is 1. The van der Waals surface area contributed by atoms with Crippen molar-refractivity contribution in [2.24, 2.45) is 0 Å². The van der Waals surface area contributed by atoms with E-state index in [1.165, 1.54) is 19.4 Å². The molecule has 1 heterocycles. The molecule has 0 saturated carbocycles. The first-order valence-electron chi connectivity index (χ1n) is 4.36. The molecule has 0 fully saturated rings. The molecule has 1 aromatic heterocycles. The van der Waals surface area contributed by atoms with Gasteiger partial charge >= 0.3 is 5.97 Å². The second kappa shape index (κ2) is 4.52. The Labute approximate surface area is 91.7 Å². The SMILES string of the molecule is C=C(C(=O)OC)c1ncc(C)cc1[N+](=O)[O-]. The molecule has 0 unspecified atom stereocenters. The second-order valence-corrected chi connectivity index (χ2v) is 3.11. The average molecular weight is 222 g/mol. The van der Waals surface area contributed by atoms with Crippen LogP contribution >= 0.6 is 0 Å². The fraction of sp³-hybridized carbons (Fsp3) is 0.200. The first-order chi connectivity index (χ1) is 7.47. The second-order valence-electron chi connectivity index (χ2n) is 3.11. The summed E-state index contributed by atoms with van der Waals surface area (Å²) in [6.45, 7) is 5.10. The van der Waals surface area contributed by atoms with Gasteiger partial charge in [-0.05, 0) is 12.5 Å². The molecule has 0 aromatic carbocycles. The van der Waals surface area contributed by atoms with Gasteiger partial charge in [0.2, 0.25) is 0 Å². The van der Waals surface area contributed by atoms with Gasteiger partial charge in [0.25, 0.3) is 5.69 Å². The standard InChI is InChI=1S/C10H10N2O4/c1-6-4-8(12(14)15)9(11-5-6)7(2)10(13)16-3/h4-5H,2H2,1,3H3. The number of hydrogen-bond acceptors (Lipinski definition) is 5. The normalized spacial score (nSPS) is 9.62. The van der Waals surface area contributed by atoms with Gasteiger partial charge in [0, 0.05) is 12.3 Å². The molecule has 84 valence electrons. The molecule has 0 bridgehead atoms. The van der Waals surface area contributed by atoms with E-state index in [0.29, 0.717) is 5.56 Å². The van der Waals surface area contributed by atoms with Crippen LogP contribution in [0.25, 0.3) is 5.57 Å². The highest BCUT2D eigenvalue weighted by atomic mass is 16.6. The van der Waals surface area contributed by atoms with Crippen molar-refractivity contribution >= 4 is 17.2 Å². The van der Waals surface area contributed by atoms with Gasteiger partial charge in [0.1, 0.15) is 0 Å². The highest BCUT2D eigenvalue weighted by Gasteiger charge is 2.22. The predicted molar refractivity (Wildman–Crippen MR) is 56.7 cm³/mol. The molecule has 0 spiro atoms. The molecular formula is C10H10N2O4. The average Bonchev–Trinajstić information content (AvgIpc) is 2.26. The van der Waals surface area contributed by atoms with E-state index >= 15 is 0 Å². The molecule has 0 aliphatic carbocycles. The Kier molecular flexibility index (Phi) is 3.34.